The minimum Gasteiger partial charge on any atom is -0.514 e. The predicted molar refractivity (Wildman–Crippen MR) is 27.2 cm³/mol. The first-order valence-corrected chi connectivity index (χ1v) is 2.07. The van der Waals surface area contributed by atoms with Crippen molar-refractivity contribution in [3.8, 4) is 0 Å². The number of halogens is 1. The van der Waals surface area contributed by atoms with E-state index in [1.54, 1.807) is 0 Å². The van der Waals surface area contributed by atoms with Crippen LogP contribution in [-0.2, 0) is 4.79 Å². The fraction of sp³-hybridized carbons (Fsp3) is 0.250. The normalized spacial score (nSPS) is 11.4. The zero-order valence-electron chi connectivity index (χ0n) is 3.81. The molecule has 0 unspecified atom stereocenters. The zero-order chi connectivity index (χ0) is 5.86. The Kier molecular flexibility index (Phi) is 2.45. The number of aliphatic hydroxyl groups excluding tert-OH is 1. The molecule has 0 aliphatic rings. The molecule has 2 nitrogen and oxygen atoms in total. The van der Waals surface area contributed by atoms with Crippen molar-refractivity contribution in [3.63, 3.8) is 0 Å². The van der Waals surface area contributed by atoms with Gasteiger partial charge in [0.05, 0.1) is 0 Å². The molecular weight excluding hydrogens is 115 g/mol. The molecule has 0 heterocycles. The van der Waals surface area contributed by atoms with E-state index in [0.29, 0.717) is 6.26 Å². The third-order valence-corrected chi connectivity index (χ3v) is 0.813. The Bertz CT molecular complexity index is 106. The van der Waals surface area contributed by atoms with E-state index in [9.17, 15) is 4.79 Å². The van der Waals surface area contributed by atoms with E-state index < -0.39 is 0 Å². The summed E-state index contributed by atoms with van der Waals surface area (Å²) in [7, 11) is 0. The molecule has 0 aliphatic heterocycles. The summed E-state index contributed by atoms with van der Waals surface area (Å²) in [4.78, 5) is 10.0. The Morgan fingerprint density at radius 1 is 1.86 bits per heavy atom. The highest BCUT2D eigenvalue weighted by atomic mass is 35.5. The summed E-state index contributed by atoms with van der Waals surface area (Å²) >= 11 is 5.06. The van der Waals surface area contributed by atoms with Crippen LogP contribution in [-0.4, -0.2) is 10.9 Å². The van der Waals surface area contributed by atoms with Gasteiger partial charge in [-0.3, -0.25) is 4.79 Å². The largest absolute Gasteiger partial charge is 0.514 e. The molecule has 0 aromatic carbocycles. The van der Waals surface area contributed by atoms with Gasteiger partial charge < -0.3 is 5.11 Å². The molecule has 0 spiro atoms. The zero-order valence-corrected chi connectivity index (χ0v) is 4.57. The number of carbonyl (C=O) groups is 1. The number of carbonyl (C=O) groups excluding carboxylic acids is 1. The lowest BCUT2D eigenvalue weighted by Crippen LogP contribution is -1.86. The minimum absolute atomic E-state index is 0.139. The van der Waals surface area contributed by atoms with Crippen molar-refractivity contribution < 1.29 is 9.90 Å². The summed E-state index contributed by atoms with van der Waals surface area (Å²) in [5.41, 5.74) is 0. The van der Waals surface area contributed by atoms with E-state index in [-0.39, 0.29) is 10.8 Å². The van der Waals surface area contributed by atoms with Gasteiger partial charge in [-0.2, -0.15) is 0 Å². The summed E-state index contributed by atoms with van der Waals surface area (Å²) in [6, 6.07) is 0. The lowest BCUT2D eigenvalue weighted by Gasteiger charge is -1.81. The maximum atomic E-state index is 10.0. The van der Waals surface area contributed by atoms with Gasteiger partial charge in [0, 0.05) is 6.92 Å². The van der Waals surface area contributed by atoms with Crippen LogP contribution in [0.2, 0.25) is 0 Å². The maximum Gasteiger partial charge on any atom is 0.174 e. The van der Waals surface area contributed by atoms with Crippen molar-refractivity contribution in [3.05, 3.63) is 11.3 Å². The van der Waals surface area contributed by atoms with Crippen LogP contribution >= 0.6 is 11.6 Å². The molecule has 40 valence electrons. The smallest absolute Gasteiger partial charge is 0.174 e. The Labute approximate surface area is 46.4 Å². The van der Waals surface area contributed by atoms with Gasteiger partial charge in [-0.05, 0) is 0 Å². The van der Waals surface area contributed by atoms with Crippen molar-refractivity contribution in [2.75, 3.05) is 0 Å². The third kappa shape index (κ3) is 2.23. The van der Waals surface area contributed by atoms with Crippen LogP contribution in [0.3, 0.4) is 0 Å². The number of hydrogen-bond acceptors (Lipinski definition) is 2. The van der Waals surface area contributed by atoms with E-state index >= 15 is 0 Å². The van der Waals surface area contributed by atoms with Gasteiger partial charge in [0.2, 0.25) is 0 Å². The van der Waals surface area contributed by atoms with Crippen LogP contribution in [0, 0.1) is 0 Å². The Morgan fingerprint density at radius 3 is 2.29 bits per heavy atom. The topological polar surface area (TPSA) is 37.3 Å². The van der Waals surface area contributed by atoms with Crippen LogP contribution in [0.1, 0.15) is 6.92 Å². The number of aliphatic hydroxyl groups is 1. The first kappa shape index (κ1) is 6.50. The quantitative estimate of drug-likeness (QED) is 0.417. The Balaban J connectivity index is 3.82. The monoisotopic (exact) mass is 120 g/mol. The molecule has 0 saturated heterocycles. The summed E-state index contributed by atoms with van der Waals surface area (Å²) in [6.07, 6.45) is 0.573. The molecule has 0 rings (SSSR count). The molecule has 0 fully saturated rings. The Hall–Kier alpha value is -0.500. The molecule has 0 aromatic rings. The fourth-order valence-electron chi connectivity index (χ4n) is 0.0909. The highest BCUT2D eigenvalue weighted by Gasteiger charge is 1.94. The van der Waals surface area contributed by atoms with Gasteiger partial charge in [-0.25, -0.2) is 0 Å². The van der Waals surface area contributed by atoms with Crippen molar-refractivity contribution in [1.82, 2.24) is 0 Å². The molecule has 7 heavy (non-hydrogen) atoms. The van der Waals surface area contributed by atoms with Gasteiger partial charge in [0.1, 0.15) is 11.3 Å². The van der Waals surface area contributed by atoms with E-state index in [4.69, 9.17) is 16.7 Å². The number of allylic oxidation sites excluding steroid dienone is 1. The van der Waals surface area contributed by atoms with E-state index in [0.717, 1.165) is 0 Å². The van der Waals surface area contributed by atoms with Crippen molar-refractivity contribution in [2.24, 2.45) is 0 Å². The summed E-state index contributed by atoms with van der Waals surface area (Å²) in [5, 5.41) is 7.85. The molecule has 0 aromatic heterocycles. The highest BCUT2D eigenvalue weighted by Crippen LogP contribution is 1.98. The number of hydrogen-bond donors (Lipinski definition) is 1. The molecule has 0 bridgehead atoms. The standard InChI is InChI=1S/C4H5ClO2/c1-3(7)4(5)2-6/h2,6H,1H3/b4-2+. The molecule has 0 aliphatic carbocycles. The molecule has 0 amide bonds. The van der Waals surface area contributed by atoms with Crippen LogP contribution < -0.4 is 0 Å². The lowest BCUT2D eigenvalue weighted by atomic mass is 10.4. The second-order valence-electron chi connectivity index (χ2n) is 1.03. The summed E-state index contributed by atoms with van der Waals surface area (Å²) < 4.78 is 0. The fourth-order valence-corrected chi connectivity index (χ4v) is 0.0909. The maximum absolute atomic E-state index is 10.0. The van der Waals surface area contributed by atoms with E-state index in [1.165, 1.54) is 6.92 Å². The lowest BCUT2D eigenvalue weighted by molar-refractivity contribution is -0.113. The first-order chi connectivity index (χ1) is 3.18. The molecular formula is C4H5ClO2. The average Bonchev–Trinajstić information content (AvgIpc) is 1.65. The van der Waals surface area contributed by atoms with Crippen molar-refractivity contribution in [2.45, 2.75) is 6.92 Å². The summed E-state index contributed by atoms with van der Waals surface area (Å²) in [6.45, 7) is 1.27. The molecule has 0 atom stereocenters. The van der Waals surface area contributed by atoms with Crippen LogP contribution in [0.15, 0.2) is 11.3 Å². The second-order valence-corrected chi connectivity index (χ2v) is 1.44. The van der Waals surface area contributed by atoms with Crippen LogP contribution in [0.4, 0.5) is 0 Å². The molecule has 1 N–H and O–H groups in total. The second kappa shape index (κ2) is 2.64. The average molecular weight is 121 g/mol. The molecule has 3 heteroatoms. The number of rotatable bonds is 1. The highest BCUT2D eigenvalue weighted by molar-refractivity contribution is 6.41. The van der Waals surface area contributed by atoms with Gasteiger partial charge >= 0.3 is 0 Å². The van der Waals surface area contributed by atoms with Gasteiger partial charge in [-0.1, -0.05) is 11.6 Å². The number of ketones is 1. The molecule has 0 saturated carbocycles. The Morgan fingerprint density at radius 2 is 2.29 bits per heavy atom. The van der Waals surface area contributed by atoms with Crippen molar-refractivity contribution in [1.29, 1.82) is 0 Å². The molecule has 0 radical (unpaired) electrons. The first-order valence-electron chi connectivity index (χ1n) is 1.69. The SMILES string of the molecule is CC(=O)/C(Cl)=C\O. The number of Topliss-reactive ketones (excluding diaryl/α,β-unsaturated/α-hetero) is 1. The van der Waals surface area contributed by atoms with Gasteiger partial charge in [0.15, 0.2) is 5.78 Å². The van der Waals surface area contributed by atoms with E-state index in [2.05, 4.69) is 0 Å². The minimum atomic E-state index is -0.329. The van der Waals surface area contributed by atoms with Gasteiger partial charge in [-0.15, -0.1) is 0 Å². The van der Waals surface area contributed by atoms with E-state index in [1.807, 2.05) is 0 Å². The summed E-state index contributed by atoms with van der Waals surface area (Å²) in [5.74, 6) is -0.329. The van der Waals surface area contributed by atoms with Crippen molar-refractivity contribution >= 4 is 17.4 Å². The third-order valence-electron chi connectivity index (χ3n) is 0.450. The van der Waals surface area contributed by atoms with Crippen LogP contribution in [0.5, 0.6) is 0 Å². The van der Waals surface area contributed by atoms with Gasteiger partial charge in [0.25, 0.3) is 0 Å². The predicted octanol–water partition coefficient (Wildman–Crippen LogP) is 1.21. The van der Waals surface area contributed by atoms with Crippen LogP contribution in [0.25, 0.3) is 0 Å².